The van der Waals surface area contributed by atoms with E-state index in [0.29, 0.717) is 18.5 Å². The van der Waals surface area contributed by atoms with E-state index < -0.39 is 0 Å². The van der Waals surface area contributed by atoms with Gasteiger partial charge in [0.25, 0.3) is 5.91 Å². The number of hydrogen-bond donors (Lipinski definition) is 0. The zero-order valence-electron chi connectivity index (χ0n) is 15.9. The van der Waals surface area contributed by atoms with Crippen LogP contribution in [0.5, 0.6) is 0 Å². The van der Waals surface area contributed by atoms with Gasteiger partial charge in [-0.1, -0.05) is 29.8 Å². The van der Waals surface area contributed by atoms with Crippen LogP contribution in [0.1, 0.15) is 34.5 Å². The van der Waals surface area contributed by atoms with E-state index in [9.17, 15) is 14.4 Å². The smallest absolute Gasteiger partial charge is 0.295 e. The van der Waals surface area contributed by atoms with Crippen LogP contribution in [-0.2, 0) is 9.59 Å². The monoisotopic (exact) mass is 378 g/mol. The number of carbonyl (C=O) groups is 3. The second-order valence-corrected chi connectivity index (χ2v) is 7.40. The highest BCUT2D eigenvalue weighted by atomic mass is 16.3. The topological polar surface area (TPSA) is 70.8 Å². The Morgan fingerprint density at radius 3 is 2.36 bits per heavy atom. The minimum Gasteiger partial charge on any atom is -0.459 e. The Balaban J connectivity index is 1.69. The van der Waals surface area contributed by atoms with Gasteiger partial charge in [0.05, 0.1) is 18.1 Å². The van der Waals surface area contributed by atoms with Crippen LogP contribution < -0.4 is 4.90 Å². The quantitative estimate of drug-likeness (QED) is 0.603. The molecule has 0 spiro atoms. The Morgan fingerprint density at radius 1 is 1.11 bits per heavy atom. The third-order valence-electron chi connectivity index (χ3n) is 5.50. The van der Waals surface area contributed by atoms with Gasteiger partial charge in [-0.05, 0) is 50.5 Å². The van der Waals surface area contributed by atoms with Gasteiger partial charge in [-0.25, -0.2) is 0 Å². The molecule has 2 heterocycles. The highest BCUT2D eigenvalue weighted by Gasteiger charge is 2.48. The lowest BCUT2D eigenvalue weighted by Crippen LogP contribution is -2.45. The fourth-order valence-corrected chi connectivity index (χ4v) is 4.04. The number of hydrogen-bond acceptors (Lipinski definition) is 4. The summed E-state index contributed by atoms with van der Waals surface area (Å²) >= 11 is 0. The minimum absolute atomic E-state index is 0.117. The molecule has 6 heteroatoms. The molecule has 2 aliphatic rings. The minimum atomic E-state index is -0.384. The zero-order chi connectivity index (χ0) is 19.8. The Kier molecular flexibility index (Phi) is 4.63. The predicted molar refractivity (Wildman–Crippen MR) is 104 cm³/mol. The molecule has 144 valence electrons. The van der Waals surface area contributed by atoms with E-state index in [-0.39, 0.29) is 42.0 Å². The van der Waals surface area contributed by atoms with Crippen molar-refractivity contribution in [1.82, 2.24) is 4.90 Å². The molecular formula is C22H22N2O4. The van der Waals surface area contributed by atoms with Crippen molar-refractivity contribution in [3.63, 3.8) is 0 Å². The Bertz CT molecular complexity index is 935. The summed E-state index contributed by atoms with van der Waals surface area (Å²) < 4.78 is 5.28. The van der Waals surface area contributed by atoms with Gasteiger partial charge in [-0.15, -0.1) is 0 Å². The molecule has 0 saturated carbocycles. The van der Waals surface area contributed by atoms with Gasteiger partial charge in [-0.3, -0.25) is 24.2 Å². The van der Waals surface area contributed by atoms with Gasteiger partial charge < -0.3 is 4.42 Å². The number of furan rings is 1. The van der Waals surface area contributed by atoms with E-state index in [1.54, 1.807) is 12.1 Å². The molecule has 1 aliphatic carbocycles. The molecule has 1 aromatic heterocycles. The summed E-state index contributed by atoms with van der Waals surface area (Å²) in [5, 5.41) is 0. The fraction of sp³-hybridized carbons (Fsp3) is 0.318. The molecule has 28 heavy (non-hydrogen) atoms. The molecule has 1 saturated heterocycles. The number of benzene rings is 1. The molecule has 4 rings (SSSR count). The number of imide groups is 1. The second kappa shape index (κ2) is 7.11. The molecule has 2 atom stereocenters. The summed E-state index contributed by atoms with van der Waals surface area (Å²) in [4.78, 5) is 41.6. The van der Waals surface area contributed by atoms with Crippen molar-refractivity contribution in [2.45, 2.75) is 26.7 Å². The highest BCUT2D eigenvalue weighted by Crippen LogP contribution is 2.36. The average molecular weight is 378 g/mol. The largest absolute Gasteiger partial charge is 0.459 e. The first kappa shape index (κ1) is 18.2. The van der Waals surface area contributed by atoms with Gasteiger partial charge in [0, 0.05) is 5.69 Å². The Hall–Kier alpha value is -3.15. The van der Waals surface area contributed by atoms with Crippen molar-refractivity contribution in [1.29, 1.82) is 0 Å². The van der Waals surface area contributed by atoms with E-state index in [1.165, 1.54) is 16.1 Å². The van der Waals surface area contributed by atoms with Gasteiger partial charge in [-0.2, -0.15) is 0 Å². The van der Waals surface area contributed by atoms with Crippen LogP contribution in [0.2, 0.25) is 0 Å². The van der Waals surface area contributed by atoms with Crippen LogP contribution in [0, 0.1) is 25.7 Å². The number of carbonyl (C=O) groups excluding carboxylic acids is 3. The summed E-state index contributed by atoms with van der Waals surface area (Å²) in [6.07, 6.45) is 6.47. The number of rotatable bonds is 4. The lowest BCUT2D eigenvalue weighted by atomic mass is 9.85. The molecule has 1 aromatic carbocycles. The fourth-order valence-electron chi connectivity index (χ4n) is 4.04. The molecule has 1 fully saturated rings. The second-order valence-electron chi connectivity index (χ2n) is 7.40. The maximum Gasteiger partial charge on any atom is 0.295 e. The predicted octanol–water partition coefficient (Wildman–Crippen LogP) is 3.45. The van der Waals surface area contributed by atoms with Crippen LogP contribution in [-0.4, -0.2) is 29.3 Å². The van der Waals surface area contributed by atoms with Crippen LogP contribution in [0.25, 0.3) is 0 Å². The third-order valence-corrected chi connectivity index (χ3v) is 5.50. The maximum absolute atomic E-state index is 13.1. The van der Waals surface area contributed by atoms with E-state index in [0.717, 1.165) is 11.1 Å². The molecule has 0 bridgehead atoms. The van der Waals surface area contributed by atoms with Crippen LogP contribution in [0.15, 0.2) is 53.2 Å². The average Bonchev–Trinajstić information content (AvgIpc) is 3.30. The number of aryl methyl sites for hydroxylation is 2. The SMILES string of the molecule is Cc1ccc(N(CN2C(=O)[C@@H]3CC=CC[C@H]3C2=O)C(=O)c2ccco2)c(C)c1. The number of amides is 3. The van der Waals surface area contributed by atoms with Gasteiger partial charge >= 0.3 is 0 Å². The number of anilines is 1. The van der Waals surface area contributed by atoms with Crippen molar-refractivity contribution < 1.29 is 18.8 Å². The molecule has 2 aromatic rings. The molecule has 0 N–H and O–H groups in total. The van der Waals surface area contributed by atoms with Crippen molar-refractivity contribution in [2.24, 2.45) is 11.8 Å². The van der Waals surface area contributed by atoms with E-state index in [2.05, 4.69) is 0 Å². The molecule has 0 radical (unpaired) electrons. The van der Waals surface area contributed by atoms with Crippen molar-refractivity contribution >= 4 is 23.4 Å². The summed E-state index contributed by atoms with van der Waals surface area (Å²) in [6.45, 7) is 3.76. The molecule has 3 amide bonds. The lowest BCUT2D eigenvalue weighted by Gasteiger charge is -2.28. The normalized spacial score (nSPS) is 21.1. The Morgan fingerprint density at radius 2 is 1.79 bits per heavy atom. The van der Waals surface area contributed by atoms with Crippen LogP contribution in [0.4, 0.5) is 5.69 Å². The molecule has 1 aliphatic heterocycles. The summed E-state index contributed by atoms with van der Waals surface area (Å²) in [6, 6.07) is 8.93. The molecular weight excluding hydrogens is 356 g/mol. The summed E-state index contributed by atoms with van der Waals surface area (Å²) in [7, 11) is 0. The van der Waals surface area contributed by atoms with Crippen LogP contribution in [0.3, 0.4) is 0 Å². The number of fused-ring (bicyclic) bond motifs is 1. The summed E-state index contributed by atoms with van der Waals surface area (Å²) in [5.74, 6) is -1.28. The molecule has 6 nitrogen and oxygen atoms in total. The van der Waals surface area contributed by atoms with Crippen molar-refractivity contribution in [2.75, 3.05) is 11.6 Å². The highest BCUT2D eigenvalue weighted by molar-refractivity contribution is 6.08. The molecule has 0 unspecified atom stereocenters. The van der Waals surface area contributed by atoms with Gasteiger partial charge in [0.2, 0.25) is 11.8 Å². The van der Waals surface area contributed by atoms with Crippen molar-refractivity contribution in [3.8, 4) is 0 Å². The van der Waals surface area contributed by atoms with E-state index in [4.69, 9.17) is 4.42 Å². The first-order valence-electron chi connectivity index (χ1n) is 9.40. The Labute approximate surface area is 163 Å². The number of likely N-dealkylation sites (tertiary alicyclic amines) is 1. The third kappa shape index (κ3) is 3.05. The van der Waals surface area contributed by atoms with Gasteiger partial charge in [0.15, 0.2) is 5.76 Å². The first-order chi connectivity index (χ1) is 13.5. The van der Waals surface area contributed by atoms with Gasteiger partial charge in [0.1, 0.15) is 6.67 Å². The van der Waals surface area contributed by atoms with Crippen LogP contribution >= 0.6 is 0 Å². The van der Waals surface area contributed by atoms with E-state index in [1.807, 2.05) is 44.2 Å². The first-order valence-corrected chi connectivity index (χ1v) is 9.40. The lowest BCUT2D eigenvalue weighted by molar-refractivity contribution is -0.139. The van der Waals surface area contributed by atoms with E-state index >= 15 is 0 Å². The zero-order valence-corrected chi connectivity index (χ0v) is 15.9. The standard InChI is InChI=1S/C22H22N2O4/c1-14-9-10-18(15(2)12-14)23(22(27)19-8-5-11-28-19)13-24-20(25)16-6-3-4-7-17(16)21(24)26/h3-5,8-12,16-17H,6-7,13H2,1-2H3/t16-,17-/m1/s1. The number of allylic oxidation sites excluding steroid dienone is 2. The maximum atomic E-state index is 13.1. The summed E-state index contributed by atoms with van der Waals surface area (Å²) in [5.41, 5.74) is 2.61. The number of nitrogens with zero attached hydrogens (tertiary/aromatic N) is 2. The van der Waals surface area contributed by atoms with Crippen molar-refractivity contribution in [3.05, 3.63) is 65.6 Å².